The van der Waals surface area contributed by atoms with E-state index < -0.39 is 6.10 Å². The van der Waals surface area contributed by atoms with E-state index >= 15 is 0 Å². The van der Waals surface area contributed by atoms with Crippen LogP contribution in [0.1, 0.15) is 22.2 Å². The predicted octanol–water partition coefficient (Wildman–Crippen LogP) is 4.95. The molecule has 4 rings (SSSR count). The quantitative estimate of drug-likeness (QED) is 0.288. The molecule has 3 aromatic heterocycles. The number of hydrogen-bond acceptors (Lipinski definition) is 9. The van der Waals surface area contributed by atoms with Crippen molar-refractivity contribution in [3.8, 4) is 5.75 Å². The molecule has 11 heteroatoms. The van der Waals surface area contributed by atoms with Gasteiger partial charge in [-0.15, -0.1) is 0 Å². The first-order chi connectivity index (χ1) is 16.5. The summed E-state index contributed by atoms with van der Waals surface area (Å²) in [5.74, 6) is 0.846. The van der Waals surface area contributed by atoms with Gasteiger partial charge in [0.15, 0.2) is 5.13 Å². The molecular weight excluding hydrogens is 494 g/mol. The molecule has 34 heavy (non-hydrogen) atoms. The van der Waals surface area contributed by atoms with Gasteiger partial charge >= 0.3 is 0 Å². The van der Waals surface area contributed by atoms with Crippen LogP contribution in [0.3, 0.4) is 0 Å². The second-order valence-electron chi connectivity index (χ2n) is 6.92. The molecule has 4 aromatic rings. The van der Waals surface area contributed by atoms with Crippen LogP contribution in [0.25, 0.3) is 0 Å². The van der Waals surface area contributed by atoms with E-state index in [0.29, 0.717) is 16.3 Å². The van der Waals surface area contributed by atoms with Crippen LogP contribution in [0.5, 0.6) is 5.75 Å². The lowest BCUT2D eigenvalue weighted by Crippen LogP contribution is -2.29. The molecule has 8 nitrogen and oxygen atoms in total. The van der Waals surface area contributed by atoms with Gasteiger partial charge in [-0.2, -0.15) is 0 Å². The zero-order valence-corrected chi connectivity index (χ0v) is 20.3. The van der Waals surface area contributed by atoms with E-state index in [9.17, 15) is 9.90 Å². The number of aromatic nitrogens is 3. The lowest BCUT2D eigenvalue weighted by atomic mass is 10.1. The molecule has 0 aliphatic heterocycles. The molecule has 174 valence electrons. The van der Waals surface area contributed by atoms with Gasteiger partial charge in [-0.3, -0.25) is 9.78 Å². The van der Waals surface area contributed by atoms with Crippen LogP contribution >= 0.6 is 34.7 Å². The van der Waals surface area contributed by atoms with Crippen molar-refractivity contribution >= 4 is 51.6 Å². The number of rotatable bonds is 9. The smallest absolute Gasteiger partial charge is 0.270 e. The molecule has 0 saturated carbocycles. The average Bonchev–Trinajstić information content (AvgIpc) is 3.29. The fourth-order valence-corrected chi connectivity index (χ4v) is 5.07. The fourth-order valence-electron chi connectivity index (χ4n) is 2.91. The van der Waals surface area contributed by atoms with Gasteiger partial charge < -0.3 is 20.5 Å². The number of benzene rings is 1. The number of halogens is 1. The summed E-state index contributed by atoms with van der Waals surface area (Å²) in [6, 6.07) is 14.1. The monoisotopic (exact) mass is 513 g/mol. The zero-order valence-electron chi connectivity index (χ0n) is 17.9. The molecule has 0 aliphatic carbocycles. The molecule has 1 atom stereocenters. The third-order valence-corrected chi connectivity index (χ3v) is 6.88. The van der Waals surface area contributed by atoms with E-state index in [2.05, 4.69) is 25.6 Å². The maximum Gasteiger partial charge on any atom is 0.270 e. The van der Waals surface area contributed by atoms with Crippen molar-refractivity contribution < 1.29 is 14.6 Å². The SMILES string of the molecule is COc1ccc(C(O)CNC(=O)c2cc(Sc3cnc(Nc4ccccn4)s3)ccn2)cc1Cl. The summed E-state index contributed by atoms with van der Waals surface area (Å²) in [6.07, 6.45) is 4.12. The summed E-state index contributed by atoms with van der Waals surface area (Å²) < 4.78 is 6.06. The van der Waals surface area contributed by atoms with Crippen LogP contribution in [0, 0.1) is 0 Å². The predicted molar refractivity (Wildman–Crippen MR) is 133 cm³/mol. The number of ether oxygens (including phenoxy) is 1. The van der Waals surface area contributed by atoms with E-state index in [0.717, 1.165) is 20.1 Å². The summed E-state index contributed by atoms with van der Waals surface area (Å²) in [6.45, 7) is 0.0118. The molecular formula is C23H20ClN5O3S2. The minimum atomic E-state index is -0.924. The zero-order chi connectivity index (χ0) is 23.9. The van der Waals surface area contributed by atoms with E-state index in [1.54, 1.807) is 42.9 Å². The number of nitrogens with one attached hydrogen (secondary N) is 2. The topological polar surface area (TPSA) is 109 Å². The van der Waals surface area contributed by atoms with Crippen LogP contribution in [0.2, 0.25) is 5.02 Å². The van der Waals surface area contributed by atoms with Crippen LogP contribution in [0.15, 0.2) is 76.2 Å². The number of thiazole rings is 1. The van der Waals surface area contributed by atoms with Crippen LogP contribution in [-0.4, -0.2) is 39.6 Å². The minimum Gasteiger partial charge on any atom is -0.495 e. The number of carbonyl (C=O) groups excluding carboxylic acids is 1. The Morgan fingerprint density at radius 1 is 1.18 bits per heavy atom. The van der Waals surface area contributed by atoms with E-state index in [1.165, 1.54) is 30.2 Å². The Labute approximate surface area is 209 Å². The normalized spacial score (nSPS) is 11.6. The standard InChI is InChI=1S/C23H20ClN5O3S2/c1-32-19-6-5-14(10-16(19)24)18(30)12-27-22(31)17-11-15(7-9-25-17)33-21-13-28-23(34-21)29-20-4-2-3-8-26-20/h2-11,13,18,30H,12H2,1H3,(H,27,31)(H,26,28,29). The average molecular weight is 514 g/mol. The second-order valence-corrected chi connectivity index (χ2v) is 9.73. The van der Waals surface area contributed by atoms with E-state index in [-0.39, 0.29) is 18.1 Å². The summed E-state index contributed by atoms with van der Waals surface area (Å²) in [4.78, 5) is 26.2. The molecule has 0 fully saturated rings. The molecule has 1 unspecified atom stereocenters. The molecule has 0 bridgehead atoms. The molecule has 0 aliphatic rings. The third kappa shape index (κ3) is 6.23. The van der Waals surface area contributed by atoms with Crippen molar-refractivity contribution in [3.05, 3.63) is 83.4 Å². The number of aliphatic hydroxyl groups excluding tert-OH is 1. The summed E-state index contributed by atoms with van der Waals surface area (Å²) in [5, 5.41) is 17.4. The lowest BCUT2D eigenvalue weighted by Gasteiger charge is -2.13. The Morgan fingerprint density at radius 2 is 2.06 bits per heavy atom. The van der Waals surface area contributed by atoms with Gasteiger partial charge in [0.2, 0.25) is 0 Å². The number of pyridine rings is 2. The Morgan fingerprint density at radius 3 is 2.82 bits per heavy atom. The van der Waals surface area contributed by atoms with Crippen molar-refractivity contribution in [1.29, 1.82) is 0 Å². The number of amides is 1. The van der Waals surface area contributed by atoms with E-state index in [1.807, 2.05) is 24.3 Å². The first-order valence-electron chi connectivity index (χ1n) is 10.1. The van der Waals surface area contributed by atoms with Crippen LogP contribution in [0.4, 0.5) is 10.9 Å². The maximum atomic E-state index is 12.6. The third-order valence-electron chi connectivity index (χ3n) is 4.58. The highest BCUT2D eigenvalue weighted by molar-refractivity contribution is 8.01. The molecule has 3 N–H and O–H groups in total. The van der Waals surface area contributed by atoms with Gasteiger partial charge in [0.05, 0.1) is 28.6 Å². The van der Waals surface area contributed by atoms with Gasteiger partial charge in [0.1, 0.15) is 17.3 Å². The molecule has 3 heterocycles. The molecule has 0 radical (unpaired) electrons. The van der Waals surface area contributed by atoms with Crippen LogP contribution < -0.4 is 15.4 Å². The number of aliphatic hydroxyl groups is 1. The fraction of sp³-hybridized carbons (Fsp3) is 0.130. The van der Waals surface area contributed by atoms with Crippen molar-refractivity contribution in [1.82, 2.24) is 20.3 Å². The van der Waals surface area contributed by atoms with Gasteiger partial charge in [-0.1, -0.05) is 46.8 Å². The van der Waals surface area contributed by atoms with Crippen molar-refractivity contribution in [2.75, 3.05) is 19.0 Å². The summed E-state index contributed by atoms with van der Waals surface area (Å²) in [5.41, 5.74) is 0.824. The first-order valence-corrected chi connectivity index (χ1v) is 12.1. The second kappa shape index (κ2) is 11.3. The molecule has 0 saturated heterocycles. The number of nitrogens with zero attached hydrogens (tertiary/aromatic N) is 3. The largest absolute Gasteiger partial charge is 0.495 e. The summed E-state index contributed by atoms with van der Waals surface area (Å²) in [7, 11) is 1.52. The number of methoxy groups -OCH3 is 1. The molecule has 0 spiro atoms. The lowest BCUT2D eigenvalue weighted by molar-refractivity contribution is 0.0911. The first kappa shape index (κ1) is 24.0. The van der Waals surface area contributed by atoms with Crippen LogP contribution in [-0.2, 0) is 0 Å². The molecule has 1 amide bonds. The number of anilines is 2. The Bertz CT molecular complexity index is 1270. The Kier molecular flexibility index (Phi) is 7.96. The number of carbonyl (C=O) groups is 1. The Balaban J connectivity index is 1.35. The Hall–Kier alpha value is -3.18. The summed E-state index contributed by atoms with van der Waals surface area (Å²) >= 11 is 9.07. The van der Waals surface area contributed by atoms with Gasteiger partial charge in [-0.25, -0.2) is 9.97 Å². The van der Waals surface area contributed by atoms with Gasteiger partial charge in [0.25, 0.3) is 5.91 Å². The maximum absolute atomic E-state index is 12.6. The highest BCUT2D eigenvalue weighted by atomic mass is 35.5. The highest BCUT2D eigenvalue weighted by Crippen LogP contribution is 2.34. The van der Waals surface area contributed by atoms with Gasteiger partial charge in [0, 0.05) is 23.8 Å². The van der Waals surface area contributed by atoms with Crippen molar-refractivity contribution in [2.24, 2.45) is 0 Å². The van der Waals surface area contributed by atoms with Gasteiger partial charge in [-0.05, 0) is 42.0 Å². The van der Waals surface area contributed by atoms with E-state index in [4.69, 9.17) is 16.3 Å². The number of hydrogen-bond donors (Lipinski definition) is 3. The molecule has 1 aromatic carbocycles. The minimum absolute atomic E-state index is 0.0118. The van der Waals surface area contributed by atoms with Crippen molar-refractivity contribution in [3.63, 3.8) is 0 Å². The van der Waals surface area contributed by atoms with Crippen molar-refractivity contribution in [2.45, 2.75) is 15.2 Å². The highest BCUT2D eigenvalue weighted by Gasteiger charge is 2.14.